The molecule has 2 aromatic carbocycles. The summed E-state index contributed by atoms with van der Waals surface area (Å²) in [6.45, 7) is 0.294. The Kier molecular flexibility index (Phi) is 4.75. The Morgan fingerprint density at radius 3 is 2.50 bits per heavy atom. The lowest BCUT2D eigenvalue weighted by Crippen LogP contribution is -2.78. The van der Waals surface area contributed by atoms with Gasteiger partial charge in [0.15, 0.2) is 6.61 Å². The van der Waals surface area contributed by atoms with Gasteiger partial charge < -0.3 is 15.4 Å². The van der Waals surface area contributed by atoms with Gasteiger partial charge in [-0.3, -0.25) is 9.59 Å². The highest BCUT2D eigenvalue weighted by molar-refractivity contribution is 6.30. The van der Waals surface area contributed by atoms with Gasteiger partial charge in [-0.2, -0.15) is 0 Å². The van der Waals surface area contributed by atoms with E-state index in [4.69, 9.17) is 16.3 Å². The number of carbonyl (C=O) groups is 2. The fraction of sp³-hybridized carbons (Fsp3) is 0.333. The smallest absolute Gasteiger partial charge is 0.258 e. The molecule has 2 aromatic rings. The van der Waals surface area contributed by atoms with Crippen LogP contribution in [0.1, 0.15) is 24.8 Å². The van der Waals surface area contributed by atoms with Crippen molar-refractivity contribution >= 4 is 23.4 Å². The van der Waals surface area contributed by atoms with Crippen molar-refractivity contribution in [2.24, 2.45) is 5.41 Å². The van der Waals surface area contributed by atoms with Gasteiger partial charge in [-0.15, -0.1) is 0 Å². The molecule has 2 bridgehead atoms. The highest BCUT2D eigenvalue weighted by Crippen LogP contribution is 2.67. The third kappa shape index (κ3) is 3.56. The quantitative estimate of drug-likeness (QED) is 0.747. The lowest BCUT2D eigenvalue weighted by molar-refractivity contribution is -0.184. The predicted octanol–water partition coefficient (Wildman–Crippen LogP) is 3.21. The largest absolute Gasteiger partial charge is 0.484 e. The molecule has 146 valence electrons. The molecular formula is C21H20ClFN2O3. The van der Waals surface area contributed by atoms with E-state index in [0.717, 1.165) is 11.6 Å². The van der Waals surface area contributed by atoms with Crippen LogP contribution in [0.15, 0.2) is 48.5 Å². The van der Waals surface area contributed by atoms with E-state index in [1.165, 1.54) is 12.1 Å². The van der Waals surface area contributed by atoms with Crippen LogP contribution in [-0.2, 0) is 16.1 Å². The van der Waals surface area contributed by atoms with Crippen LogP contribution in [0.4, 0.5) is 4.39 Å². The number of rotatable bonds is 7. The molecule has 2 amide bonds. The van der Waals surface area contributed by atoms with Crippen molar-refractivity contribution < 1.29 is 18.7 Å². The SMILES string of the molecule is O=C(COc1ccc(Cl)c(F)c1)NC12CC(C(=O)NCc3ccccc3)(C1)C2. The average Bonchev–Trinajstić information content (AvgIpc) is 2.63. The number of ether oxygens (including phenoxy) is 1. The molecule has 0 radical (unpaired) electrons. The zero-order chi connectivity index (χ0) is 19.8. The monoisotopic (exact) mass is 402 g/mol. The first kappa shape index (κ1) is 18.7. The van der Waals surface area contributed by atoms with Crippen LogP contribution in [0.5, 0.6) is 5.75 Å². The van der Waals surface area contributed by atoms with Crippen molar-refractivity contribution in [2.45, 2.75) is 31.3 Å². The molecule has 0 spiro atoms. The van der Waals surface area contributed by atoms with Gasteiger partial charge >= 0.3 is 0 Å². The van der Waals surface area contributed by atoms with Crippen LogP contribution in [0, 0.1) is 11.2 Å². The molecule has 0 saturated heterocycles. The molecule has 0 unspecified atom stereocenters. The van der Waals surface area contributed by atoms with E-state index in [2.05, 4.69) is 10.6 Å². The summed E-state index contributed by atoms with van der Waals surface area (Å²) < 4.78 is 18.7. The summed E-state index contributed by atoms with van der Waals surface area (Å²) in [6.07, 6.45) is 1.92. The minimum atomic E-state index is -0.595. The van der Waals surface area contributed by atoms with Crippen LogP contribution in [-0.4, -0.2) is 24.0 Å². The maximum atomic E-state index is 13.4. The van der Waals surface area contributed by atoms with Crippen molar-refractivity contribution in [3.63, 3.8) is 0 Å². The number of halogens is 2. The molecule has 3 aliphatic rings. The van der Waals surface area contributed by atoms with Crippen LogP contribution in [0.25, 0.3) is 0 Å². The van der Waals surface area contributed by atoms with Crippen LogP contribution in [0.3, 0.4) is 0 Å². The fourth-order valence-electron chi connectivity index (χ4n) is 4.17. The second kappa shape index (κ2) is 7.09. The Morgan fingerprint density at radius 1 is 1.11 bits per heavy atom. The maximum Gasteiger partial charge on any atom is 0.258 e. The third-order valence-corrected chi connectivity index (χ3v) is 5.78. The molecule has 2 N–H and O–H groups in total. The van der Waals surface area contributed by atoms with Gasteiger partial charge in [0.2, 0.25) is 5.91 Å². The highest BCUT2D eigenvalue weighted by atomic mass is 35.5. The van der Waals surface area contributed by atoms with Gasteiger partial charge in [0.25, 0.3) is 5.91 Å². The van der Waals surface area contributed by atoms with Crippen molar-refractivity contribution in [2.75, 3.05) is 6.61 Å². The van der Waals surface area contributed by atoms with Crippen molar-refractivity contribution in [3.8, 4) is 5.75 Å². The highest BCUT2D eigenvalue weighted by Gasteiger charge is 2.72. The van der Waals surface area contributed by atoms with Gasteiger partial charge in [0.05, 0.1) is 10.4 Å². The number of carbonyl (C=O) groups excluding carboxylic acids is 2. The summed E-state index contributed by atoms with van der Waals surface area (Å²) in [5, 5.41) is 5.93. The molecule has 3 fully saturated rings. The first-order valence-corrected chi connectivity index (χ1v) is 9.49. The Morgan fingerprint density at radius 2 is 1.82 bits per heavy atom. The molecule has 0 atom stereocenters. The van der Waals surface area contributed by atoms with E-state index >= 15 is 0 Å². The summed E-state index contributed by atoms with van der Waals surface area (Å²) in [6, 6.07) is 13.8. The number of benzene rings is 2. The number of hydrogen-bond donors (Lipinski definition) is 2. The minimum Gasteiger partial charge on any atom is -0.484 e. The maximum absolute atomic E-state index is 13.4. The average molecular weight is 403 g/mol. The van der Waals surface area contributed by atoms with Crippen molar-refractivity contribution in [1.82, 2.24) is 10.6 Å². The van der Waals surface area contributed by atoms with E-state index < -0.39 is 5.82 Å². The first-order valence-electron chi connectivity index (χ1n) is 9.11. The summed E-state index contributed by atoms with van der Waals surface area (Å²) >= 11 is 5.62. The normalized spacial score (nSPS) is 24.5. The van der Waals surface area contributed by atoms with Gasteiger partial charge in [-0.1, -0.05) is 41.9 Å². The summed E-state index contributed by atoms with van der Waals surface area (Å²) in [4.78, 5) is 24.6. The summed E-state index contributed by atoms with van der Waals surface area (Å²) in [5.74, 6) is -0.595. The molecule has 28 heavy (non-hydrogen) atoms. The zero-order valence-electron chi connectivity index (χ0n) is 15.1. The second-order valence-electron chi connectivity index (χ2n) is 7.67. The lowest BCUT2D eigenvalue weighted by Gasteiger charge is -2.69. The van der Waals surface area contributed by atoms with E-state index in [9.17, 15) is 14.0 Å². The Hall–Kier alpha value is -2.60. The molecule has 3 aliphatic carbocycles. The minimum absolute atomic E-state index is 0.00140. The molecule has 5 rings (SSSR count). The van der Waals surface area contributed by atoms with Gasteiger partial charge in [0, 0.05) is 18.2 Å². The van der Waals surface area contributed by atoms with Crippen molar-refractivity contribution in [3.05, 3.63) is 64.9 Å². The van der Waals surface area contributed by atoms with E-state index in [1.54, 1.807) is 0 Å². The second-order valence-corrected chi connectivity index (χ2v) is 8.08. The molecule has 5 nitrogen and oxygen atoms in total. The molecule has 7 heteroatoms. The van der Waals surface area contributed by atoms with Crippen LogP contribution >= 0.6 is 11.6 Å². The first-order chi connectivity index (χ1) is 13.4. The molecule has 3 saturated carbocycles. The molecular weight excluding hydrogens is 383 g/mol. The van der Waals surface area contributed by atoms with E-state index in [0.29, 0.717) is 25.8 Å². The lowest BCUT2D eigenvalue weighted by atomic mass is 9.39. The van der Waals surface area contributed by atoms with E-state index in [-0.39, 0.29) is 40.1 Å². The zero-order valence-corrected chi connectivity index (χ0v) is 15.9. The fourth-order valence-corrected chi connectivity index (χ4v) is 4.29. The Balaban J connectivity index is 1.21. The summed E-state index contributed by atoms with van der Waals surface area (Å²) in [5.41, 5.74) is 0.388. The third-order valence-electron chi connectivity index (χ3n) is 5.47. The Bertz CT molecular complexity index is 899. The number of nitrogens with one attached hydrogen (secondary N) is 2. The standard InChI is InChI=1S/C21H20ClFN2O3/c22-16-7-6-15(8-17(16)23)28-10-18(26)25-21-11-20(12-21,13-21)19(27)24-9-14-4-2-1-3-5-14/h1-8H,9-13H2,(H,24,27)(H,25,26). The number of amides is 2. The predicted molar refractivity (Wildman–Crippen MR) is 102 cm³/mol. The van der Waals surface area contributed by atoms with E-state index in [1.807, 2.05) is 30.3 Å². The van der Waals surface area contributed by atoms with Crippen molar-refractivity contribution in [1.29, 1.82) is 0 Å². The topological polar surface area (TPSA) is 67.4 Å². The van der Waals surface area contributed by atoms with Gasteiger partial charge in [-0.05, 0) is 37.0 Å². The summed E-state index contributed by atoms with van der Waals surface area (Å²) in [7, 11) is 0. The molecule has 0 aliphatic heterocycles. The van der Waals surface area contributed by atoms with Gasteiger partial charge in [0.1, 0.15) is 11.6 Å². The number of hydrogen-bond acceptors (Lipinski definition) is 3. The molecule has 0 heterocycles. The van der Waals surface area contributed by atoms with Crippen LogP contribution < -0.4 is 15.4 Å². The Labute approximate surface area is 167 Å². The molecule has 0 aromatic heterocycles. The van der Waals surface area contributed by atoms with Gasteiger partial charge in [-0.25, -0.2) is 4.39 Å². The van der Waals surface area contributed by atoms with Crippen LogP contribution in [0.2, 0.25) is 5.02 Å².